The molecule has 5 heteroatoms. The zero-order chi connectivity index (χ0) is 13.0. The number of carbonyl (C=O) groups is 1. The first-order valence-corrected chi connectivity index (χ1v) is 7.48. The van der Waals surface area contributed by atoms with Crippen molar-refractivity contribution in [1.82, 2.24) is 4.98 Å². The summed E-state index contributed by atoms with van der Waals surface area (Å²) >= 11 is 1.68. The second-order valence-electron chi connectivity index (χ2n) is 4.45. The predicted octanol–water partition coefficient (Wildman–Crippen LogP) is 2.95. The van der Waals surface area contributed by atoms with E-state index < -0.39 is 0 Å². The molecule has 4 nitrogen and oxygen atoms in total. The van der Waals surface area contributed by atoms with Crippen LogP contribution in [-0.2, 0) is 16.0 Å². The van der Waals surface area contributed by atoms with E-state index in [1.165, 1.54) is 4.88 Å². The number of aromatic nitrogens is 1. The fourth-order valence-corrected chi connectivity index (χ4v) is 3.29. The zero-order valence-corrected chi connectivity index (χ0v) is 11.8. The van der Waals surface area contributed by atoms with E-state index in [-0.39, 0.29) is 11.9 Å². The Balaban J connectivity index is 2.15. The number of aryl methyl sites for hydroxylation is 1. The minimum absolute atomic E-state index is 0.120. The Morgan fingerprint density at radius 2 is 2.39 bits per heavy atom. The fraction of sp³-hybridized carbons (Fsp3) is 0.692. The molecule has 1 N–H and O–H groups in total. The van der Waals surface area contributed by atoms with Crippen molar-refractivity contribution in [3.05, 3.63) is 10.6 Å². The maximum atomic E-state index is 11.9. The molecule has 1 aliphatic carbocycles. The molecular formula is C13H20N2O2S. The lowest BCUT2D eigenvalue weighted by molar-refractivity contribution is -0.145. The largest absolute Gasteiger partial charge is 0.465 e. The summed E-state index contributed by atoms with van der Waals surface area (Å²) in [6, 6.07) is 0. The lowest BCUT2D eigenvalue weighted by Gasteiger charge is -2.19. The van der Waals surface area contributed by atoms with Crippen LogP contribution in [0.2, 0.25) is 0 Å². The first-order chi connectivity index (χ1) is 8.76. The van der Waals surface area contributed by atoms with Gasteiger partial charge in [-0.15, -0.1) is 11.3 Å². The number of carbonyl (C=O) groups excluding carboxylic acids is 1. The average Bonchev–Trinajstić information content (AvgIpc) is 2.79. The highest BCUT2D eigenvalue weighted by atomic mass is 32.1. The number of nitrogens with one attached hydrogen (secondary N) is 1. The van der Waals surface area contributed by atoms with Crippen molar-refractivity contribution >= 4 is 22.4 Å². The molecule has 0 aliphatic heterocycles. The second kappa shape index (κ2) is 6.18. The standard InChI is InChI=1S/C13H20N2O2S/c1-3-8-14-13-15-11-9(12(16)17-4-2)6-5-7-10(11)18-13/h9H,3-8H2,1-2H3,(H,14,15). The summed E-state index contributed by atoms with van der Waals surface area (Å²) in [6.45, 7) is 5.34. The number of nitrogens with zero attached hydrogens (tertiary/aromatic N) is 1. The van der Waals surface area contributed by atoms with Gasteiger partial charge in [-0.2, -0.15) is 0 Å². The Labute approximate surface area is 112 Å². The molecule has 100 valence electrons. The Morgan fingerprint density at radius 3 is 3.11 bits per heavy atom. The average molecular weight is 268 g/mol. The van der Waals surface area contributed by atoms with Crippen LogP contribution in [0.1, 0.15) is 49.6 Å². The van der Waals surface area contributed by atoms with E-state index in [4.69, 9.17) is 4.74 Å². The van der Waals surface area contributed by atoms with E-state index >= 15 is 0 Å². The number of ether oxygens (including phenoxy) is 1. The zero-order valence-electron chi connectivity index (χ0n) is 11.0. The number of hydrogen-bond donors (Lipinski definition) is 1. The number of rotatable bonds is 5. The molecule has 1 unspecified atom stereocenters. The molecule has 0 bridgehead atoms. The van der Waals surface area contributed by atoms with E-state index in [0.29, 0.717) is 6.61 Å². The summed E-state index contributed by atoms with van der Waals surface area (Å²) in [4.78, 5) is 17.7. The van der Waals surface area contributed by atoms with Crippen LogP contribution in [-0.4, -0.2) is 24.1 Å². The second-order valence-corrected chi connectivity index (χ2v) is 5.53. The van der Waals surface area contributed by atoms with Gasteiger partial charge in [0.05, 0.1) is 12.3 Å². The predicted molar refractivity (Wildman–Crippen MR) is 73.2 cm³/mol. The molecule has 0 aromatic carbocycles. The van der Waals surface area contributed by atoms with E-state index in [0.717, 1.165) is 43.1 Å². The summed E-state index contributed by atoms with van der Waals surface area (Å²) in [5, 5.41) is 4.24. The van der Waals surface area contributed by atoms with Crippen LogP contribution in [0.15, 0.2) is 0 Å². The maximum absolute atomic E-state index is 11.9. The van der Waals surface area contributed by atoms with E-state index in [1.54, 1.807) is 11.3 Å². The van der Waals surface area contributed by atoms with Crippen molar-refractivity contribution in [2.45, 2.75) is 45.4 Å². The third kappa shape index (κ3) is 2.83. The normalized spacial score (nSPS) is 18.2. The molecule has 0 amide bonds. The summed E-state index contributed by atoms with van der Waals surface area (Å²) in [5.41, 5.74) is 0.948. The van der Waals surface area contributed by atoms with Crippen molar-refractivity contribution in [3.8, 4) is 0 Å². The van der Waals surface area contributed by atoms with Gasteiger partial charge in [0.25, 0.3) is 0 Å². The minimum atomic E-state index is -0.151. The molecule has 18 heavy (non-hydrogen) atoms. The Bertz CT molecular complexity index is 417. The summed E-state index contributed by atoms with van der Waals surface area (Å²) in [6.07, 6.45) is 4.02. The number of fused-ring (bicyclic) bond motifs is 1. The van der Waals surface area contributed by atoms with Crippen LogP contribution in [0.25, 0.3) is 0 Å². The molecule has 1 aromatic rings. The van der Waals surface area contributed by atoms with E-state index in [9.17, 15) is 4.79 Å². The quantitative estimate of drug-likeness (QED) is 0.834. The number of esters is 1. The van der Waals surface area contributed by atoms with Gasteiger partial charge >= 0.3 is 5.97 Å². The fourth-order valence-electron chi connectivity index (χ4n) is 2.20. The lowest BCUT2D eigenvalue weighted by Crippen LogP contribution is -2.20. The number of hydrogen-bond acceptors (Lipinski definition) is 5. The maximum Gasteiger partial charge on any atom is 0.315 e. The third-order valence-electron chi connectivity index (χ3n) is 3.05. The van der Waals surface area contributed by atoms with Gasteiger partial charge in [0.15, 0.2) is 5.13 Å². The summed E-state index contributed by atoms with van der Waals surface area (Å²) in [5.74, 6) is -0.270. The molecule has 0 fully saturated rings. The van der Waals surface area contributed by atoms with Crippen molar-refractivity contribution in [1.29, 1.82) is 0 Å². The SMILES string of the molecule is CCCNc1nc2c(s1)CCCC2C(=O)OCC. The number of anilines is 1. The molecule has 0 saturated carbocycles. The van der Waals surface area contributed by atoms with Crippen molar-refractivity contribution in [2.24, 2.45) is 0 Å². The number of thiazole rings is 1. The molecule has 0 radical (unpaired) electrons. The summed E-state index contributed by atoms with van der Waals surface area (Å²) in [7, 11) is 0. The van der Waals surface area contributed by atoms with Crippen LogP contribution in [0.5, 0.6) is 0 Å². The van der Waals surface area contributed by atoms with E-state index in [2.05, 4.69) is 17.2 Å². The first kappa shape index (κ1) is 13.3. The van der Waals surface area contributed by atoms with Crippen molar-refractivity contribution < 1.29 is 9.53 Å². The van der Waals surface area contributed by atoms with Crippen molar-refractivity contribution in [3.63, 3.8) is 0 Å². The monoisotopic (exact) mass is 268 g/mol. The molecule has 2 rings (SSSR count). The third-order valence-corrected chi connectivity index (χ3v) is 4.14. The van der Waals surface area contributed by atoms with Crippen LogP contribution >= 0.6 is 11.3 Å². The van der Waals surface area contributed by atoms with Gasteiger partial charge in [-0.1, -0.05) is 6.92 Å². The van der Waals surface area contributed by atoms with Crippen molar-refractivity contribution in [2.75, 3.05) is 18.5 Å². The minimum Gasteiger partial charge on any atom is -0.465 e. The van der Waals surface area contributed by atoms with Crippen LogP contribution in [0, 0.1) is 0 Å². The molecule has 0 spiro atoms. The highest BCUT2D eigenvalue weighted by molar-refractivity contribution is 7.15. The van der Waals surface area contributed by atoms with Crippen LogP contribution < -0.4 is 5.32 Å². The topological polar surface area (TPSA) is 51.2 Å². The smallest absolute Gasteiger partial charge is 0.315 e. The van der Waals surface area contributed by atoms with Gasteiger partial charge in [-0.05, 0) is 32.6 Å². The Morgan fingerprint density at radius 1 is 1.56 bits per heavy atom. The Kier molecular flexibility index (Phi) is 4.58. The van der Waals surface area contributed by atoms with Gasteiger partial charge in [-0.3, -0.25) is 4.79 Å². The Hall–Kier alpha value is -1.10. The van der Waals surface area contributed by atoms with E-state index in [1.807, 2.05) is 6.92 Å². The highest BCUT2D eigenvalue weighted by Gasteiger charge is 2.31. The molecule has 0 saturated heterocycles. The van der Waals surface area contributed by atoms with Gasteiger partial charge in [-0.25, -0.2) is 4.98 Å². The lowest BCUT2D eigenvalue weighted by atomic mass is 9.91. The molecule has 1 heterocycles. The van der Waals surface area contributed by atoms with Crippen LogP contribution in [0.4, 0.5) is 5.13 Å². The molecule has 1 atom stereocenters. The van der Waals surface area contributed by atoms with Gasteiger partial charge in [0.2, 0.25) is 0 Å². The molecule has 1 aromatic heterocycles. The summed E-state index contributed by atoms with van der Waals surface area (Å²) < 4.78 is 5.13. The van der Waals surface area contributed by atoms with Gasteiger partial charge < -0.3 is 10.1 Å². The molecule has 1 aliphatic rings. The van der Waals surface area contributed by atoms with Gasteiger partial charge in [0, 0.05) is 11.4 Å². The van der Waals surface area contributed by atoms with Crippen LogP contribution in [0.3, 0.4) is 0 Å². The molecular weight excluding hydrogens is 248 g/mol. The first-order valence-electron chi connectivity index (χ1n) is 6.66. The highest BCUT2D eigenvalue weighted by Crippen LogP contribution is 2.37. The van der Waals surface area contributed by atoms with Gasteiger partial charge in [0.1, 0.15) is 5.92 Å².